The lowest BCUT2D eigenvalue weighted by Gasteiger charge is -2.07. The fourth-order valence-electron chi connectivity index (χ4n) is 2.07. The van der Waals surface area contributed by atoms with Gasteiger partial charge in [0.25, 0.3) is 5.91 Å². The van der Waals surface area contributed by atoms with Gasteiger partial charge in [0.05, 0.1) is 5.56 Å². The highest BCUT2D eigenvalue weighted by Crippen LogP contribution is 2.16. The molecule has 0 fully saturated rings. The van der Waals surface area contributed by atoms with Gasteiger partial charge in [0.1, 0.15) is 5.82 Å². The molecule has 1 aromatic carbocycles. The summed E-state index contributed by atoms with van der Waals surface area (Å²) in [5.41, 5.74) is 0.360. The Kier molecular flexibility index (Phi) is 5.07. The number of rotatable bonds is 5. The number of nitrogens with zero attached hydrogens (tertiary/aromatic N) is 3. The van der Waals surface area contributed by atoms with E-state index in [-0.39, 0.29) is 5.82 Å². The molecule has 6 nitrogen and oxygen atoms in total. The van der Waals surface area contributed by atoms with E-state index in [1.54, 1.807) is 18.5 Å². The summed E-state index contributed by atoms with van der Waals surface area (Å²) < 4.78 is 39.7. The Bertz CT molecular complexity index is 920. The normalized spacial score (nSPS) is 10.4. The molecule has 132 valence electrons. The Hall–Kier alpha value is -3.49. The average Bonchev–Trinajstić information content (AvgIpc) is 2.66. The second kappa shape index (κ2) is 7.60. The summed E-state index contributed by atoms with van der Waals surface area (Å²) in [6, 6.07) is 8.20. The molecule has 0 radical (unpaired) electrons. The van der Waals surface area contributed by atoms with Crippen molar-refractivity contribution < 1.29 is 18.0 Å². The number of carbonyl (C=O) groups excluding carboxylic acids is 1. The molecule has 2 N–H and O–H groups in total. The molecule has 9 heteroatoms. The Morgan fingerprint density at radius 3 is 2.27 bits per heavy atom. The fraction of sp³-hybridized carbons (Fsp3) is 0.0588. The third-order valence-electron chi connectivity index (χ3n) is 3.41. The first kappa shape index (κ1) is 17.3. The Labute approximate surface area is 146 Å². The average molecular weight is 359 g/mol. The van der Waals surface area contributed by atoms with Gasteiger partial charge in [-0.3, -0.25) is 9.78 Å². The molecule has 0 aliphatic rings. The monoisotopic (exact) mass is 359 g/mol. The van der Waals surface area contributed by atoms with Crippen LogP contribution in [0, 0.1) is 17.5 Å². The molecule has 0 aliphatic heterocycles. The van der Waals surface area contributed by atoms with Crippen LogP contribution < -0.4 is 10.6 Å². The molecular formula is C17H12F3N5O. The molecule has 2 aromatic heterocycles. The van der Waals surface area contributed by atoms with Crippen LogP contribution in [-0.4, -0.2) is 21.1 Å². The van der Waals surface area contributed by atoms with E-state index >= 15 is 0 Å². The van der Waals surface area contributed by atoms with E-state index < -0.39 is 28.9 Å². The van der Waals surface area contributed by atoms with Gasteiger partial charge in [-0.1, -0.05) is 0 Å². The zero-order valence-corrected chi connectivity index (χ0v) is 13.2. The number of benzene rings is 1. The minimum Gasteiger partial charge on any atom is -0.365 e. The van der Waals surface area contributed by atoms with Gasteiger partial charge in [-0.05, 0) is 42.0 Å². The molecule has 0 unspecified atom stereocenters. The number of hydrogen-bond donors (Lipinski definition) is 2. The highest BCUT2D eigenvalue weighted by Gasteiger charge is 2.19. The number of nitrogens with one attached hydrogen (secondary N) is 2. The van der Waals surface area contributed by atoms with Gasteiger partial charge in [-0.2, -0.15) is 0 Å². The lowest BCUT2D eigenvalue weighted by molar-refractivity contribution is 0.102. The second-order valence-corrected chi connectivity index (χ2v) is 5.19. The van der Waals surface area contributed by atoms with Crippen LogP contribution in [0.1, 0.15) is 15.9 Å². The topological polar surface area (TPSA) is 79.8 Å². The summed E-state index contributed by atoms with van der Waals surface area (Å²) in [5.74, 6) is -5.12. The Balaban J connectivity index is 1.64. The number of hydrogen-bond acceptors (Lipinski definition) is 5. The van der Waals surface area contributed by atoms with E-state index in [1.807, 2.05) is 12.1 Å². The maximum Gasteiger partial charge on any atom is 0.259 e. The van der Waals surface area contributed by atoms with Crippen LogP contribution in [0.4, 0.5) is 24.8 Å². The summed E-state index contributed by atoms with van der Waals surface area (Å²) in [5, 5.41) is 13.0. The summed E-state index contributed by atoms with van der Waals surface area (Å²) in [7, 11) is 0. The van der Waals surface area contributed by atoms with E-state index in [9.17, 15) is 18.0 Å². The zero-order valence-electron chi connectivity index (χ0n) is 13.2. The van der Waals surface area contributed by atoms with Gasteiger partial charge < -0.3 is 10.6 Å². The summed E-state index contributed by atoms with van der Waals surface area (Å²) in [6.45, 7) is 0.503. The van der Waals surface area contributed by atoms with Gasteiger partial charge in [-0.15, -0.1) is 10.2 Å². The van der Waals surface area contributed by atoms with E-state index in [0.29, 0.717) is 18.4 Å². The molecule has 0 saturated carbocycles. The summed E-state index contributed by atoms with van der Waals surface area (Å²) >= 11 is 0. The predicted octanol–water partition coefficient (Wildman–Crippen LogP) is 3.15. The molecule has 0 saturated heterocycles. The van der Waals surface area contributed by atoms with Crippen molar-refractivity contribution in [2.24, 2.45) is 0 Å². The first-order chi connectivity index (χ1) is 12.5. The minimum absolute atomic E-state index is 0.0357. The molecule has 3 rings (SSSR count). The van der Waals surface area contributed by atoms with Crippen molar-refractivity contribution in [3.8, 4) is 0 Å². The van der Waals surface area contributed by atoms with Crippen molar-refractivity contribution in [3.63, 3.8) is 0 Å². The van der Waals surface area contributed by atoms with Gasteiger partial charge >= 0.3 is 0 Å². The van der Waals surface area contributed by atoms with Crippen LogP contribution in [0.2, 0.25) is 0 Å². The number of amides is 1. The zero-order chi connectivity index (χ0) is 18.5. The second-order valence-electron chi connectivity index (χ2n) is 5.19. The van der Waals surface area contributed by atoms with Crippen molar-refractivity contribution >= 4 is 17.5 Å². The third kappa shape index (κ3) is 3.94. The van der Waals surface area contributed by atoms with E-state index in [0.717, 1.165) is 11.6 Å². The van der Waals surface area contributed by atoms with Crippen molar-refractivity contribution in [3.05, 3.63) is 77.4 Å². The molecule has 2 heterocycles. The highest BCUT2D eigenvalue weighted by molar-refractivity contribution is 6.03. The summed E-state index contributed by atoms with van der Waals surface area (Å²) in [4.78, 5) is 15.9. The van der Waals surface area contributed by atoms with Crippen LogP contribution in [0.5, 0.6) is 0 Å². The summed E-state index contributed by atoms with van der Waals surface area (Å²) in [6.07, 6.45) is 3.33. The number of carbonyl (C=O) groups is 1. The van der Waals surface area contributed by atoms with Gasteiger partial charge in [-0.25, -0.2) is 13.2 Å². The van der Waals surface area contributed by atoms with Gasteiger partial charge in [0, 0.05) is 18.9 Å². The number of anilines is 2. The van der Waals surface area contributed by atoms with Crippen LogP contribution >= 0.6 is 0 Å². The van der Waals surface area contributed by atoms with Gasteiger partial charge in [0.15, 0.2) is 23.3 Å². The smallest absolute Gasteiger partial charge is 0.259 e. The largest absolute Gasteiger partial charge is 0.365 e. The third-order valence-corrected chi connectivity index (χ3v) is 3.41. The van der Waals surface area contributed by atoms with E-state index in [4.69, 9.17) is 0 Å². The molecule has 0 atom stereocenters. The fourth-order valence-corrected chi connectivity index (χ4v) is 2.07. The first-order valence-electron chi connectivity index (χ1n) is 7.46. The lowest BCUT2D eigenvalue weighted by atomic mass is 10.2. The molecule has 3 aromatic rings. The maximum atomic E-state index is 13.6. The molecular weight excluding hydrogens is 347 g/mol. The number of halogens is 3. The minimum atomic E-state index is -1.71. The number of aromatic nitrogens is 3. The number of pyridine rings is 1. The van der Waals surface area contributed by atoms with Gasteiger partial charge in [0.2, 0.25) is 0 Å². The van der Waals surface area contributed by atoms with Crippen molar-refractivity contribution in [1.29, 1.82) is 0 Å². The highest BCUT2D eigenvalue weighted by atomic mass is 19.2. The van der Waals surface area contributed by atoms with Crippen molar-refractivity contribution in [2.45, 2.75) is 6.54 Å². The molecule has 26 heavy (non-hydrogen) atoms. The van der Waals surface area contributed by atoms with Crippen LogP contribution in [0.15, 0.2) is 48.8 Å². The lowest BCUT2D eigenvalue weighted by Crippen LogP contribution is -2.16. The standard InChI is InChI=1S/C17H12F3N5O/c18-12-2-1-11(15(19)16(12)20)17(26)23-14-4-3-13(24-25-14)22-9-10-5-7-21-8-6-10/h1-8H,9H2,(H,22,24)(H,23,25,26). The van der Waals surface area contributed by atoms with E-state index in [1.165, 1.54) is 6.07 Å². The first-order valence-corrected chi connectivity index (χ1v) is 7.46. The maximum absolute atomic E-state index is 13.6. The van der Waals surface area contributed by atoms with Crippen LogP contribution in [0.25, 0.3) is 0 Å². The SMILES string of the molecule is O=C(Nc1ccc(NCc2ccncc2)nn1)c1ccc(F)c(F)c1F. The molecule has 0 bridgehead atoms. The predicted molar refractivity (Wildman–Crippen MR) is 87.9 cm³/mol. The molecule has 0 aliphatic carbocycles. The van der Waals surface area contributed by atoms with Crippen LogP contribution in [0.3, 0.4) is 0 Å². The Morgan fingerprint density at radius 2 is 1.58 bits per heavy atom. The molecule has 1 amide bonds. The van der Waals surface area contributed by atoms with Crippen molar-refractivity contribution in [2.75, 3.05) is 10.6 Å². The van der Waals surface area contributed by atoms with E-state index in [2.05, 4.69) is 25.8 Å². The Morgan fingerprint density at radius 1 is 0.885 bits per heavy atom. The quantitative estimate of drug-likeness (QED) is 0.684. The van der Waals surface area contributed by atoms with Crippen molar-refractivity contribution in [1.82, 2.24) is 15.2 Å². The molecule has 0 spiro atoms. The van der Waals surface area contributed by atoms with Crippen LogP contribution in [-0.2, 0) is 6.54 Å².